The molecule has 0 aliphatic heterocycles. The second kappa shape index (κ2) is 9.02. The minimum atomic E-state index is -0.457. The van der Waals surface area contributed by atoms with E-state index in [0.29, 0.717) is 30.0 Å². The van der Waals surface area contributed by atoms with Crippen LogP contribution < -0.4 is 15.8 Å². The zero-order valence-electron chi connectivity index (χ0n) is 14.8. The van der Waals surface area contributed by atoms with E-state index in [2.05, 4.69) is 5.32 Å². The second-order valence-electron chi connectivity index (χ2n) is 6.10. The van der Waals surface area contributed by atoms with Crippen LogP contribution in [-0.4, -0.2) is 23.6 Å². The van der Waals surface area contributed by atoms with Crippen LogP contribution in [-0.2, 0) is 11.3 Å². The highest BCUT2D eigenvalue weighted by molar-refractivity contribution is 5.76. The first-order valence-electron chi connectivity index (χ1n) is 8.87. The third-order valence-corrected chi connectivity index (χ3v) is 4.11. The maximum atomic E-state index is 12.8. The van der Waals surface area contributed by atoms with Gasteiger partial charge in [0.1, 0.15) is 11.6 Å². The molecule has 0 aliphatic carbocycles. The number of hydrogen-bond donors (Lipinski definition) is 1. The van der Waals surface area contributed by atoms with E-state index >= 15 is 0 Å². The zero-order valence-corrected chi connectivity index (χ0v) is 14.8. The van der Waals surface area contributed by atoms with Crippen LogP contribution in [0, 0.1) is 5.82 Å². The van der Waals surface area contributed by atoms with Crippen molar-refractivity contribution in [2.24, 2.45) is 0 Å². The smallest absolute Gasteiger partial charge is 0.419 e. The van der Waals surface area contributed by atoms with Crippen LogP contribution in [0.15, 0.2) is 57.7 Å². The number of oxazole rings is 1. The summed E-state index contributed by atoms with van der Waals surface area (Å²) in [7, 11) is 0. The molecule has 0 fully saturated rings. The molecule has 0 atom stereocenters. The molecule has 0 saturated heterocycles. The topological polar surface area (TPSA) is 73.5 Å². The van der Waals surface area contributed by atoms with Gasteiger partial charge in [-0.2, -0.15) is 0 Å². The number of nitrogens with zero attached hydrogens (tertiary/aromatic N) is 1. The number of para-hydroxylation sites is 2. The van der Waals surface area contributed by atoms with E-state index in [1.54, 1.807) is 30.3 Å². The molecule has 3 rings (SSSR count). The molecule has 1 aromatic heterocycles. The van der Waals surface area contributed by atoms with Crippen molar-refractivity contribution in [3.63, 3.8) is 0 Å². The number of rotatable bonds is 9. The Kier molecular flexibility index (Phi) is 6.25. The van der Waals surface area contributed by atoms with Gasteiger partial charge in [0.05, 0.1) is 12.1 Å². The standard InChI is InChI=1S/C20H21FN2O4/c21-15-7-9-16(10-8-15)26-14-4-3-12-22-19(24)11-13-23-17-5-1-2-6-18(17)27-20(23)25/h1-2,5-10H,3-4,11-14H2,(H,22,24). The number of amides is 1. The Morgan fingerprint density at radius 1 is 1.11 bits per heavy atom. The maximum absolute atomic E-state index is 12.8. The van der Waals surface area contributed by atoms with Crippen molar-refractivity contribution < 1.29 is 18.3 Å². The molecule has 1 N–H and O–H groups in total. The Balaban J connectivity index is 1.33. The molecule has 0 unspecified atom stereocenters. The fourth-order valence-electron chi connectivity index (χ4n) is 2.70. The molecule has 27 heavy (non-hydrogen) atoms. The summed E-state index contributed by atoms with van der Waals surface area (Å²) in [5.74, 6) is -0.248. The molecule has 142 valence electrons. The quantitative estimate of drug-likeness (QED) is 0.586. The molecule has 0 spiro atoms. The summed E-state index contributed by atoms with van der Waals surface area (Å²) >= 11 is 0. The van der Waals surface area contributed by atoms with Gasteiger partial charge in [0.2, 0.25) is 5.91 Å². The van der Waals surface area contributed by atoms with Crippen LogP contribution in [0.3, 0.4) is 0 Å². The minimum Gasteiger partial charge on any atom is -0.494 e. The number of aromatic nitrogens is 1. The molecule has 3 aromatic rings. The fourth-order valence-corrected chi connectivity index (χ4v) is 2.70. The van der Waals surface area contributed by atoms with Gasteiger partial charge in [0.25, 0.3) is 0 Å². The highest BCUT2D eigenvalue weighted by Crippen LogP contribution is 2.12. The third-order valence-electron chi connectivity index (χ3n) is 4.11. The van der Waals surface area contributed by atoms with Gasteiger partial charge in [0, 0.05) is 19.5 Å². The highest BCUT2D eigenvalue weighted by atomic mass is 19.1. The van der Waals surface area contributed by atoms with Crippen molar-refractivity contribution in [2.75, 3.05) is 13.2 Å². The number of nitrogens with one attached hydrogen (secondary N) is 1. The van der Waals surface area contributed by atoms with Crippen LogP contribution >= 0.6 is 0 Å². The normalized spacial score (nSPS) is 10.9. The van der Waals surface area contributed by atoms with Gasteiger partial charge < -0.3 is 14.5 Å². The highest BCUT2D eigenvalue weighted by Gasteiger charge is 2.10. The first kappa shape index (κ1) is 18.7. The van der Waals surface area contributed by atoms with Crippen LogP contribution in [0.1, 0.15) is 19.3 Å². The van der Waals surface area contributed by atoms with Crippen LogP contribution in [0.5, 0.6) is 5.75 Å². The number of carbonyl (C=O) groups is 1. The molecular weight excluding hydrogens is 351 g/mol. The van der Waals surface area contributed by atoms with E-state index in [4.69, 9.17) is 9.15 Å². The second-order valence-corrected chi connectivity index (χ2v) is 6.10. The number of benzene rings is 2. The molecule has 1 amide bonds. The molecule has 0 saturated carbocycles. The zero-order chi connectivity index (χ0) is 19.1. The summed E-state index contributed by atoms with van der Waals surface area (Å²) in [5, 5.41) is 2.83. The van der Waals surface area contributed by atoms with E-state index in [0.717, 1.165) is 12.8 Å². The van der Waals surface area contributed by atoms with Gasteiger partial charge in [0.15, 0.2) is 5.58 Å². The average Bonchev–Trinajstić information content (AvgIpc) is 2.99. The van der Waals surface area contributed by atoms with Gasteiger partial charge in [-0.05, 0) is 49.2 Å². The lowest BCUT2D eigenvalue weighted by molar-refractivity contribution is -0.121. The fraction of sp³-hybridized carbons (Fsp3) is 0.300. The molecule has 6 nitrogen and oxygen atoms in total. The molecule has 0 radical (unpaired) electrons. The number of fused-ring (bicyclic) bond motifs is 1. The summed E-state index contributed by atoms with van der Waals surface area (Å²) in [4.78, 5) is 23.8. The molecular formula is C20H21FN2O4. The van der Waals surface area contributed by atoms with Crippen LogP contribution in [0.4, 0.5) is 4.39 Å². The van der Waals surface area contributed by atoms with Gasteiger partial charge in [-0.25, -0.2) is 9.18 Å². The third kappa shape index (κ3) is 5.20. The monoisotopic (exact) mass is 372 g/mol. The number of carbonyl (C=O) groups excluding carboxylic acids is 1. The Morgan fingerprint density at radius 2 is 1.89 bits per heavy atom. The minimum absolute atomic E-state index is 0.119. The van der Waals surface area contributed by atoms with Crippen LogP contribution in [0.25, 0.3) is 11.1 Å². The van der Waals surface area contributed by atoms with Crippen molar-refractivity contribution in [3.05, 3.63) is 64.9 Å². The van der Waals surface area contributed by atoms with E-state index < -0.39 is 5.76 Å². The SMILES string of the molecule is O=C(CCn1c(=O)oc2ccccc21)NCCCCOc1ccc(F)cc1. The van der Waals surface area contributed by atoms with E-state index in [9.17, 15) is 14.0 Å². The van der Waals surface area contributed by atoms with Gasteiger partial charge in [-0.1, -0.05) is 12.1 Å². The van der Waals surface area contributed by atoms with Gasteiger partial charge in [-0.15, -0.1) is 0 Å². The largest absolute Gasteiger partial charge is 0.494 e. The summed E-state index contributed by atoms with van der Waals surface area (Å²) in [6.07, 6.45) is 1.74. The summed E-state index contributed by atoms with van der Waals surface area (Å²) in [6, 6.07) is 13.0. The van der Waals surface area contributed by atoms with Crippen molar-refractivity contribution in [1.82, 2.24) is 9.88 Å². The Morgan fingerprint density at radius 3 is 2.70 bits per heavy atom. The molecule has 1 heterocycles. The lowest BCUT2D eigenvalue weighted by Crippen LogP contribution is -2.27. The summed E-state index contributed by atoms with van der Waals surface area (Å²) < 4.78 is 24.9. The molecule has 0 bridgehead atoms. The van der Waals surface area contributed by atoms with Crippen molar-refractivity contribution in [2.45, 2.75) is 25.8 Å². The molecule has 7 heteroatoms. The van der Waals surface area contributed by atoms with Crippen LogP contribution in [0.2, 0.25) is 0 Å². The van der Waals surface area contributed by atoms with E-state index in [1.165, 1.54) is 16.7 Å². The van der Waals surface area contributed by atoms with Gasteiger partial charge in [-0.3, -0.25) is 9.36 Å². The van der Waals surface area contributed by atoms with Gasteiger partial charge >= 0.3 is 5.76 Å². The van der Waals surface area contributed by atoms with E-state index in [1.807, 2.05) is 6.07 Å². The van der Waals surface area contributed by atoms with E-state index in [-0.39, 0.29) is 24.7 Å². The van der Waals surface area contributed by atoms with Crippen molar-refractivity contribution in [1.29, 1.82) is 0 Å². The maximum Gasteiger partial charge on any atom is 0.419 e. The Labute approximate surface area is 155 Å². The number of halogens is 1. The predicted octanol–water partition coefficient (Wildman–Crippen LogP) is 3.10. The summed E-state index contributed by atoms with van der Waals surface area (Å²) in [6.45, 7) is 1.31. The Bertz CT molecular complexity index is 947. The number of unbranched alkanes of at least 4 members (excludes halogenated alkanes) is 1. The first-order chi connectivity index (χ1) is 13.1. The van der Waals surface area contributed by atoms with Crippen molar-refractivity contribution in [3.8, 4) is 5.75 Å². The average molecular weight is 372 g/mol. The predicted molar refractivity (Wildman–Crippen MR) is 99.2 cm³/mol. The molecule has 2 aromatic carbocycles. The summed E-state index contributed by atoms with van der Waals surface area (Å²) in [5.41, 5.74) is 1.21. The van der Waals surface area contributed by atoms with Crippen molar-refractivity contribution >= 4 is 17.0 Å². The molecule has 0 aliphatic rings. The lowest BCUT2D eigenvalue weighted by Gasteiger charge is -2.07. The lowest BCUT2D eigenvalue weighted by atomic mass is 10.3. The number of hydrogen-bond acceptors (Lipinski definition) is 4. The Hall–Kier alpha value is -3.09. The number of ether oxygens (including phenoxy) is 1. The number of aryl methyl sites for hydroxylation is 1. The first-order valence-corrected chi connectivity index (χ1v) is 8.87.